The van der Waals surface area contributed by atoms with Crippen LogP contribution in [0.1, 0.15) is 50.2 Å². The molecule has 4 aromatic heterocycles. The molecule has 5 aromatic rings. The fourth-order valence-corrected chi connectivity index (χ4v) is 5.32. The van der Waals surface area contributed by atoms with E-state index in [4.69, 9.17) is 0 Å². The average Bonchev–Trinajstić information content (AvgIpc) is 3.68. The van der Waals surface area contributed by atoms with Crippen molar-refractivity contribution in [3.63, 3.8) is 0 Å². The Morgan fingerprint density at radius 2 is 1.85 bits per heavy atom. The highest BCUT2D eigenvalue weighted by Crippen LogP contribution is 2.35. The van der Waals surface area contributed by atoms with E-state index in [1.165, 1.54) is 35.3 Å². The molecule has 5 heterocycles. The summed E-state index contributed by atoms with van der Waals surface area (Å²) in [6, 6.07) is 6.66. The molecule has 1 N–H and O–H groups in total. The molecule has 0 aliphatic carbocycles. The largest absolute Gasteiger partial charge is 0.436 e. The molecule has 0 spiro atoms. The lowest BCUT2D eigenvalue weighted by atomic mass is 9.97. The fraction of sp³-hybridized carbons (Fsp3) is 0.276. The van der Waals surface area contributed by atoms with Crippen LogP contribution in [0.15, 0.2) is 66.1 Å². The lowest BCUT2D eigenvalue weighted by Crippen LogP contribution is -2.27. The SMILES string of the molecule is CC1CCCC(n2cnc(-c3ccc(F)cc3-n3cc(C(F)(F)F)nn3)cc2=O)c2cc(ccn2)-c2c(cnn2C(F)F)NC1=O. The second kappa shape index (κ2) is 11.9. The summed E-state index contributed by atoms with van der Waals surface area (Å²) in [6.45, 7) is -1.31. The Kier molecular flexibility index (Phi) is 7.91. The zero-order valence-electron chi connectivity index (χ0n) is 23.8. The molecule has 6 rings (SSSR count). The van der Waals surface area contributed by atoms with E-state index >= 15 is 0 Å². The van der Waals surface area contributed by atoms with Gasteiger partial charge < -0.3 is 5.32 Å². The summed E-state index contributed by atoms with van der Waals surface area (Å²) >= 11 is 0. The summed E-state index contributed by atoms with van der Waals surface area (Å²) in [6.07, 6.45) is 0.762. The summed E-state index contributed by atoms with van der Waals surface area (Å²) in [7, 11) is 0. The second-order valence-electron chi connectivity index (χ2n) is 10.7. The molecule has 0 saturated heterocycles. The van der Waals surface area contributed by atoms with Crippen molar-refractivity contribution in [2.24, 2.45) is 5.92 Å². The molecule has 11 nitrogen and oxygen atoms in total. The highest BCUT2D eigenvalue weighted by atomic mass is 19.4. The molecule has 0 fully saturated rings. The van der Waals surface area contributed by atoms with E-state index < -0.39 is 41.8 Å². The van der Waals surface area contributed by atoms with Gasteiger partial charge in [-0.1, -0.05) is 18.6 Å². The normalized spacial score (nSPS) is 17.3. The number of carbonyl (C=O) groups is 1. The number of aromatic nitrogens is 8. The van der Waals surface area contributed by atoms with Gasteiger partial charge in [-0.2, -0.15) is 27.1 Å². The third kappa shape index (κ3) is 5.87. The van der Waals surface area contributed by atoms with E-state index in [-0.39, 0.29) is 39.8 Å². The zero-order valence-corrected chi connectivity index (χ0v) is 23.8. The van der Waals surface area contributed by atoms with Gasteiger partial charge in [0.05, 0.1) is 53.2 Å². The van der Waals surface area contributed by atoms with E-state index in [9.17, 15) is 35.9 Å². The quantitative estimate of drug-likeness (QED) is 0.251. The topological polar surface area (TPSA) is 125 Å². The summed E-state index contributed by atoms with van der Waals surface area (Å²) in [4.78, 5) is 35.3. The lowest BCUT2D eigenvalue weighted by Gasteiger charge is -2.22. The number of fused-ring (bicyclic) bond motifs is 4. The number of carbonyl (C=O) groups excluding carboxylic acids is 1. The van der Waals surface area contributed by atoms with E-state index in [2.05, 4.69) is 30.7 Å². The number of pyridine rings is 1. The maximum Gasteiger partial charge on any atom is 0.436 e. The molecule has 2 bridgehead atoms. The van der Waals surface area contributed by atoms with Gasteiger partial charge in [-0.15, -0.1) is 5.10 Å². The van der Waals surface area contributed by atoms with Gasteiger partial charge in [0.1, 0.15) is 5.82 Å². The molecule has 17 heteroatoms. The Bertz CT molecular complexity index is 1980. The Labute approximate surface area is 255 Å². The van der Waals surface area contributed by atoms with Gasteiger partial charge in [-0.25, -0.2) is 18.7 Å². The Morgan fingerprint density at radius 3 is 2.57 bits per heavy atom. The summed E-state index contributed by atoms with van der Waals surface area (Å²) in [5.41, 5.74) is -1.19. The fourth-order valence-electron chi connectivity index (χ4n) is 5.32. The van der Waals surface area contributed by atoms with Crippen LogP contribution in [0.2, 0.25) is 0 Å². The van der Waals surface area contributed by atoms with Crippen LogP contribution in [0.5, 0.6) is 0 Å². The first-order valence-corrected chi connectivity index (χ1v) is 13.9. The van der Waals surface area contributed by atoms with Gasteiger partial charge >= 0.3 is 12.7 Å². The van der Waals surface area contributed by atoms with E-state index in [1.54, 1.807) is 6.92 Å². The second-order valence-corrected chi connectivity index (χ2v) is 10.7. The molecule has 0 saturated carbocycles. The molecule has 1 aliphatic heterocycles. The minimum atomic E-state index is -4.79. The number of hydrogen-bond donors (Lipinski definition) is 1. The number of benzene rings is 1. The molecular formula is C29H23F6N9O2. The minimum Gasteiger partial charge on any atom is -0.323 e. The van der Waals surface area contributed by atoms with E-state index in [0.29, 0.717) is 35.8 Å². The molecule has 1 amide bonds. The van der Waals surface area contributed by atoms with Gasteiger partial charge in [0.15, 0.2) is 5.69 Å². The van der Waals surface area contributed by atoms with Crippen LogP contribution in [0.25, 0.3) is 28.2 Å². The van der Waals surface area contributed by atoms with Crippen LogP contribution >= 0.6 is 0 Å². The van der Waals surface area contributed by atoms with E-state index in [1.807, 2.05) is 0 Å². The first kappa shape index (κ1) is 30.7. The van der Waals surface area contributed by atoms with Gasteiger partial charge in [-0.05, 0) is 37.1 Å². The maximum absolute atomic E-state index is 14.2. The van der Waals surface area contributed by atoms with Crippen LogP contribution in [-0.2, 0) is 11.0 Å². The smallest absolute Gasteiger partial charge is 0.323 e. The highest BCUT2D eigenvalue weighted by molar-refractivity contribution is 5.95. The molecule has 46 heavy (non-hydrogen) atoms. The van der Waals surface area contributed by atoms with Crippen LogP contribution in [0, 0.1) is 11.7 Å². The van der Waals surface area contributed by atoms with Crippen molar-refractivity contribution in [3.05, 3.63) is 88.9 Å². The average molecular weight is 644 g/mol. The van der Waals surface area contributed by atoms with Crippen LogP contribution < -0.4 is 10.9 Å². The number of alkyl halides is 5. The molecule has 0 radical (unpaired) electrons. The number of halogens is 6. The van der Waals surface area contributed by atoms with Gasteiger partial charge in [0.2, 0.25) is 5.91 Å². The Hall–Kier alpha value is -5.35. The lowest BCUT2D eigenvalue weighted by molar-refractivity contribution is -0.141. The predicted octanol–water partition coefficient (Wildman–Crippen LogP) is 5.65. The number of rotatable bonds is 4. The Morgan fingerprint density at radius 1 is 1.04 bits per heavy atom. The van der Waals surface area contributed by atoms with Crippen LogP contribution in [0.4, 0.5) is 32.0 Å². The minimum absolute atomic E-state index is 0.0194. The molecule has 1 aromatic carbocycles. The first-order valence-electron chi connectivity index (χ1n) is 13.9. The third-order valence-electron chi connectivity index (χ3n) is 7.63. The number of amides is 1. The van der Waals surface area contributed by atoms with Crippen molar-refractivity contribution >= 4 is 11.6 Å². The van der Waals surface area contributed by atoms with Gasteiger partial charge in [0.25, 0.3) is 5.56 Å². The zero-order chi connectivity index (χ0) is 32.7. The number of hydrogen-bond acceptors (Lipinski definition) is 7. The third-order valence-corrected chi connectivity index (χ3v) is 7.63. The molecule has 2 unspecified atom stereocenters. The van der Waals surface area contributed by atoms with Crippen molar-refractivity contribution in [1.29, 1.82) is 0 Å². The van der Waals surface area contributed by atoms with Crippen molar-refractivity contribution in [3.8, 4) is 28.2 Å². The highest BCUT2D eigenvalue weighted by Gasteiger charge is 2.35. The predicted molar refractivity (Wildman–Crippen MR) is 150 cm³/mol. The molecule has 238 valence electrons. The number of anilines is 1. The standard InChI is InChI=1S/C29H23F6N9O2/c1-15-3-2-4-22(20-9-16(7-8-36-20)26-21(39-27(15)46)12-38-44(26)28(31)32)42-14-37-19(11-25(42)45)18-6-5-17(30)10-23(18)43-13-24(40-41-43)29(33,34)35/h5-15,22,28H,2-4H2,1H3,(H,39,46). The number of nitrogens with one attached hydrogen (secondary N) is 1. The summed E-state index contributed by atoms with van der Waals surface area (Å²) in [5.74, 6) is -1.65. The van der Waals surface area contributed by atoms with Crippen molar-refractivity contribution in [1.82, 2.24) is 39.3 Å². The molecule has 1 aliphatic rings. The van der Waals surface area contributed by atoms with Crippen LogP contribution in [0.3, 0.4) is 0 Å². The van der Waals surface area contributed by atoms with Crippen molar-refractivity contribution in [2.75, 3.05) is 5.32 Å². The van der Waals surface area contributed by atoms with Gasteiger partial charge in [0, 0.05) is 35.4 Å². The molecular weight excluding hydrogens is 620 g/mol. The summed E-state index contributed by atoms with van der Waals surface area (Å²) in [5, 5.41) is 13.0. The van der Waals surface area contributed by atoms with E-state index in [0.717, 1.165) is 29.1 Å². The van der Waals surface area contributed by atoms with Gasteiger partial charge in [-0.3, -0.25) is 19.1 Å². The van der Waals surface area contributed by atoms with Crippen LogP contribution in [-0.4, -0.2) is 45.2 Å². The molecule has 2 atom stereocenters. The summed E-state index contributed by atoms with van der Waals surface area (Å²) < 4.78 is 84.0. The first-order chi connectivity index (χ1) is 21.9. The Balaban J connectivity index is 1.43. The van der Waals surface area contributed by atoms with Crippen molar-refractivity contribution < 1.29 is 31.1 Å². The maximum atomic E-state index is 14.2. The van der Waals surface area contributed by atoms with Crippen molar-refractivity contribution in [2.45, 2.75) is 45.0 Å². The number of nitrogens with zero attached hydrogens (tertiary/aromatic N) is 8. The monoisotopic (exact) mass is 643 g/mol.